The number of hydrogen-bond acceptors (Lipinski definition) is 3. The van der Waals surface area contributed by atoms with Crippen molar-refractivity contribution in [2.24, 2.45) is 5.73 Å². The van der Waals surface area contributed by atoms with Crippen molar-refractivity contribution in [1.29, 1.82) is 0 Å². The van der Waals surface area contributed by atoms with Crippen LogP contribution in [0.25, 0.3) is 0 Å². The smallest absolute Gasteiger partial charge is 0.231 e. The van der Waals surface area contributed by atoms with Gasteiger partial charge in [0, 0.05) is 12.4 Å². The molecule has 4 nitrogen and oxygen atoms in total. The molecule has 1 fully saturated rings. The minimum atomic E-state index is -0.569. The fraction of sp³-hybridized carbons (Fsp3) is 0.375. The van der Waals surface area contributed by atoms with Crippen molar-refractivity contribution in [3.63, 3.8) is 0 Å². The van der Waals surface area contributed by atoms with Gasteiger partial charge < -0.3 is 5.73 Å². The highest BCUT2D eigenvalue weighted by Crippen LogP contribution is 2.46. The first-order valence-corrected chi connectivity index (χ1v) is 4.72. The van der Waals surface area contributed by atoms with E-state index in [1.807, 2.05) is 0 Å². The van der Waals surface area contributed by atoms with Crippen molar-refractivity contribution in [3.8, 4) is 0 Å². The normalized spacial score (nSPS) is 18.2. The van der Waals surface area contributed by atoms with Gasteiger partial charge in [-0.05, 0) is 28.8 Å². The third-order valence-electron chi connectivity index (χ3n) is 2.27. The summed E-state index contributed by atoms with van der Waals surface area (Å²) in [5.74, 6) is 0.220. The molecule has 1 heterocycles. The monoisotopic (exact) mass is 241 g/mol. The van der Waals surface area contributed by atoms with Crippen molar-refractivity contribution < 1.29 is 4.79 Å². The molecule has 1 amide bonds. The highest BCUT2D eigenvalue weighted by molar-refractivity contribution is 9.10. The van der Waals surface area contributed by atoms with Gasteiger partial charge in [0.05, 0.1) is 4.47 Å². The van der Waals surface area contributed by atoms with Crippen LogP contribution in [0.1, 0.15) is 18.7 Å². The van der Waals surface area contributed by atoms with Crippen LogP contribution in [0.5, 0.6) is 0 Å². The molecular weight excluding hydrogens is 234 g/mol. The second-order valence-electron chi connectivity index (χ2n) is 3.17. The van der Waals surface area contributed by atoms with Crippen LogP contribution in [0.2, 0.25) is 0 Å². The van der Waals surface area contributed by atoms with Crippen molar-refractivity contribution in [2.45, 2.75) is 18.3 Å². The summed E-state index contributed by atoms with van der Waals surface area (Å²) in [4.78, 5) is 19.2. The van der Waals surface area contributed by atoms with Crippen LogP contribution < -0.4 is 5.73 Å². The maximum Gasteiger partial charge on any atom is 0.231 e. The van der Waals surface area contributed by atoms with Gasteiger partial charge >= 0.3 is 0 Å². The number of carbonyl (C=O) groups is 1. The molecule has 1 aliphatic rings. The molecule has 1 aromatic rings. The fourth-order valence-electron chi connectivity index (χ4n) is 1.26. The zero-order valence-corrected chi connectivity index (χ0v) is 8.41. The molecule has 2 rings (SSSR count). The van der Waals surface area contributed by atoms with Gasteiger partial charge in [0.15, 0.2) is 0 Å². The molecule has 68 valence electrons. The minimum absolute atomic E-state index is 0.324. The highest BCUT2D eigenvalue weighted by Gasteiger charge is 2.52. The highest BCUT2D eigenvalue weighted by atomic mass is 79.9. The maximum absolute atomic E-state index is 11.1. The van der Waals surface area contributed by atoms with Gasteiger partial charge in [0.25, 0.3) is 0 Å². The summed E-state index contributed by atoms with van der Waals surface area (Å²) < 4.78 is 0.802. The van der Waals surface area contributed by atoms with Crippen LogP contribution >= 0.6 is 15.9 Å². The SMILES string of the molecule is NC(=O)C1(c2ncc(Br)cn2)CC1. The van der Waals surface area contributed by atoms with Gasteiger partial charge in [0.2, 0.25) is 5.91 Å². The summed E-state index contributed by atoms with van der Waals surface area (Å²) in [6.07, 6.45) is 4.80. The fourth-order valence-corrected chi connectivity index (χ4v) is 1.47. The number of rotatable bonds is 2. The second kappa shape index (κ2) is 2.77. The van der Waals surface area contributed by atoms with E-state index >= 15 is 0 Å². The molecule has 0 bridgehead atoms. The minimum Gasteiger partial charge on any atom is -0.369 e. The van der Waals surface area contributed by atoms with E-state index in [-0.39, 0.29) is 5.91 Å². The Bertz CT molecular complexity index is 345. The quantitative estimate of drug-likeness (QED) is 0.832. The molecule has 0 aliphatic heterocycles. The van der Waals surface area contributed by atoms with E-state index in [4.69, 9.17) is 5.73 Å². The molecule has 1 aromatic heterocycles. The molecule has 13 heavy (non-hydrogen) atoms. The maximum atomic E-state index is 11.1. The number of primary amides is 1. The first kappa shape index (κ1) is 8.62. The Hall–Kier alpha value is -0.970. The van der Waals surface area contributed by atoms with E-state index in [9.17, 15) is 4.79 Å². The van der Waals surface area contributed by atoms with Crippen LogP contribution in [0.15, 0.2) is 16.9 Å². The lowest BCUT2D eigenvalue weighted by atomic mass is 10.1. The van der Waals surface area contributed by atoms with Gasteiger partial charge in [0.1, 0.15) is 11.2 Å². The number of nitrogens with two attached hydrogens (primary N) is 1. The summed E-state index contributed by atoms with van der Waals surface area (Å²) in [7, 11) is 0. The van der Waals surface area contributed by atoms with Crippen molar-refractivity contribution >= 4 is 21.8 Å². The molecule has 0 saturated heterocycles. The van der Waals surface area contributed by atoms with Crippen LogP contribution in [-0.2, 0) is 10.2 Å². The topological polar surface area (TPSA) is 68.9 Å². The van der Waals surface area contributed by atoms with Crippen LogP contribution in [0.3, 0.4) is 0 Å². The Morgan fingerprint density at radius 3 is 2.38 bits per heavy atom. The van der Waals surface area contributed by atoms with Crippen molar-refractivity contribution in [1.82, 2.24) is 9.97 Å². The third kappa shape index (κ3) is 1.33. The number of amides is 1. The van der Waals surface area contributed by atoms with E-state index in [2.05, 4.69) is 25.9 Å². The van der Waals surface area contributed by atoms with E-state index in [1.54, 1.807) is 12.4 Å². The lowest BCUT2D eigenvalue weighted by molar-refractivity contribution is -0.120. The molecule has 0 atom stereocenters. The van der Waals surface area contributed by atoms with Gasteiger partial charge in [-0.3, -0.25) is 4.79 Å². The van der Waals surface area contributed by atoms with Crippen LogP contribution in [0.4, 0.5) is 0 Å². The standard InChI is InChI=1S/C8H8BrN3O/c9-5-3-11-7(12-4-5)8(1-2-8)6(10)13/h3-4H,1-2H2,(H2,10,13). The number of nitrogens with zero attached hydrogens (tertiary/aromatic N) is 2. The Kier molecular flexibility index (Phi) is 1.83. The van der Waals surface area contributed by atoms with Crippen molar-refractivity contribution in [3.05, 3.63) is 22.7 Å². The third-order valence-corrected chi connectivity index (χ3v) is 2.68. The predicted octanol–water partition coefficient (Wildman–Crippen LogP) is 0.756. The number of carbonyl (C=O) groups excluding carboxylic acids is 1. The molecule has 1 saturated carbocycles. The largest absolute Gasteiger partial charge is 0.369 e. The van der Waals surface area contributed by atoms with Crippen LogP contribution in [0, 0.1) is 0 Å². The molecular formula is C8H8BrN3O. The van der Waals surface area contributed by atoms with Gasteiger partial charge in [-0.25, -0.2) is 9.97 Å². The Morgan fingerprint density at radius 1 is 1.46 bits per heavy atom. The molecule has 1 aliphatic carbocycles. The summed E-state index contributed by atoms with van der Waals surface area (Å²) in [6, 6.07) is 0. The van der Waals surface area contributed by atoms with E-state index in [0.717, 1.165) is 17.3 Å². The molecule has 0 spiro atoms. The van der Waals surface area contributed by atoms with E-state index in [0.29, 0.717) is 5.82 Å². The molecule has 0 unspecified atom stereocenters. The summed E-state index contributed by atoms with van der Waals surface area (Å²) in [5.41, 5.74) is 4.70. The average Bonchev–Trinajstić information content (AvgIpc) is 2.86. The Balaban J connectivity index is 2.36. The molecule has 5 heteroatoms. The molecule has 0 radical (unpaired) electrons. The van der Waals surface area contributed by atoms with E-state index < -0.39 is 5.41 Å². The number of halogens is 1. The first-order chi connectivity index (χ1) is 6.15. The summed E-state index contributed by atoms with van der Waals surface area (Å²) in [6.45, 7) is 0. The number of hydrogen-bond donors (Lipinski definition) is 1. The van der Waals surface area contributed by atoms with Gasteiger partial charge in [-0.1, -0.05) is 0 Å². The number of aromatic nitrogens is 2. The predicted molar refractivity (Wildman–Crippen MR) is 49.8 cm³/mol. The zero-order chi connectivity index (χ0) is 9.47. The zero-order valence-electron chi connectivity index (χ0n) is 6.83. The van der Waals surface area contributed by atoms with Gasteiger partial charge in [-0.2, -0.15) is 0 Å². The summed E-state index contributed by atoms with van der Waals surface area (Å²) >= 11 is 3.23. The Labute approximate surface area is 83.7 Å². The van der Waals surface area contributed by atoms with Crippen LogP contribution in [-0.4, -0.2) is 15.9 Å². The second-order valence-corrected chi connectivity index (χ2v) is 4.09. The summed E-state index contributed by atoms with van der Waals surface area (Å²) in [5, 5.41) is 0. The first-order valence-electron chi connectivity index (χ1n) is 3.93. The molecule has 0 aromatic carbocycles. The average molecular weight is 242 g/mol. The van der Waals surface area contributed by atoms with Gasteiger partial charge in [-0.15, -0.1) is 0 Å². The lowest BCUT2D eigenvalue weighted by Gasteiger charge is -2.07. The molecule has 2 N–H and O–H groups in total. The van der Waals surface area contributed by atoms with Crippen molar-refractivity contribution in [2.75, 3.05) is 0 Å². The lowest BCUT2D eigenvalue weighted by Crippen LogP contribution is -2.30. The van der Waals surface area contributed by atoms with E-state index in [1.165, 1.54) is 0 Å². The Morgan fingerprint density at radius 2 is 2.00 bits per heavy atom.